The molecule has 0 fully saturated rings. The molecule has 0 unspecified atom stereocenters. The van der Waals surface area contributed by atoms with Crippen molar-refractivity contribution in [3.05, 3.63) is 66.3 Å². The number of thiazole rings is 1. The predicted molar refractivity (Wildman–Crippen MR) is 101 cm³/mol. The van der Waals surface area contributed by atoms with Crippen molar-refractivity contribution in [2.75, 3.05) is 6.54 Å². The van der Waals surface area contributed by atoms with Gasteiger partial charge in [0.15, 0.2) is 16.5 Å². The van der Waals surface area contributed by atoms with Crippen molar-refractivity contribution in [3.8, 4) is 16.8 Å². The predicted octanol–water partition coefficient (Wildman–Crippen LogP) is 4.71. The number of carbonyl (C=O) groups excluding carboxylic acids is 1. The highest BCUT2D eigenvalue weighted by molar-refractivity contribution is 7.21. The molecule has 0 saturated carbocycles. The molecule has 4 rings (SSSR count). The van der Waals surface area contributed by atoms with Crippen molar-refractivity contribution >= 4 is 27.5 Å². The third-order valence-corrected chi connectivity index (χ3v) is 5.08. The number of carbonyl (C=O) groups is 1. The summed E-state index contributed by atoms with van der Waals surface area (Å²) in [5.41, 5.74) is 0.898. The van der Waals surface area contributed by atoms with Crippen molar-refractivity contribution in [3.63, 3.8) is 0 Å². The molecule has 7 heteroatoms. The van der Waals surface area contributed by atoms with Crippen molar-refractivity contribution < 1.29 is 13.6 Å². The summed E-state index contributed by atoms with van der Waals surface area (Å²) < 4.78 is 12.2. The van der Waals surface area contributed by atoms with Gasteiger partial charge in [-0.15, -0.1) is 11.3 Å². The Hall–Kier alpha value is -3.37. The SMILES string of the molecule is N#CCCN(Cc1ccco1)C(=O)c1ccc(-c2nc3ccccc3s2)o1. The number of hydrogen-bond acceptors (Lipinski definition) is 6. The van der Waals surface area contributed by atoms with Gasteiger partial charge < -0.3 is 13.7 Å². The second kappa shape index (κ2) is 7.48. The van der Waals surface area contributed by atoms with Crippen LogP contribution in [0.3, 0.4) is 0 Å². The molecule has 1 amide bonds. The van der Waals surface area contributed by atoms with Crippen LogP contribution in [0, 0.1) is 11.3 Å². The first-order valence-electron chi connectivity index (χ1n) is 8.39. The Balaban J connectivity index is 1.58. The number of furan rings is 2. The highest BCUT2D eigenvalue weighted by atomic mass is 32.1. The maximum absolute atomic E-state index is 12.9. The van der Waals surface area contributed by atoms with Gasteiger partial charge in [-0.25, -0.2) is 4.98 Å². The lowest BCUT2D eigenvalue weighted by Crippen LogP contribution is -2.31. The third-order valence-electron chi connectivity index (χ3n) is 4.03. The van der Waals surface area contributed by atoms with Gasteiger partial charge >= 0.3 is 0 Å². The summed E-state index contributed by atoms with van der Waals surface area (Å²) in [6, 6.07) is 16.9. The number of nitriles is 1. The van der Waals surface area contributed by atoms with Crippen LogP contribution in [0.15, 0.2) is 63.6 Å². The molecule has 0 spiro atoms. The van der Waals surface area contributed by atoms with E-state index in [1.165, 1.54) is 11.3 Å². The fourth-order valence-electron chi connectivity index (χ4n) is 2.73. The van der Waals surface area contributed by atoms with Crippen LogP contribution in [0.5, 0.6) is 0 Å². The molecule has 0 aliphatic carbocycles. The number of aromatic nitrogens is 1. The molecule has 3 aromatic heterocycles. The van der Waals surface area contributed by atoms with E-state index in [0.717, 1.165) is 15.2 Å². The number of rotatable bonds is 6. The topological polar surface area (TPSA) is 83.3 Å². The molecule has 6 nitrogen and oxygen atoms in total. The maximum Gasteiger partial charge on any atom is 0.290 e. The second-order valence-electron chi connectivity index (χ2n) is 5.86. The van der Waals surface area contributed by atoms with Gasteiger partial charge in [0.25, 0.3) is 5.91 Å². The van der Waals surface area contributed by atoms with Crippen molar-refractivity contribution in [1.29, 1.82) is 5.26 Å². The minimum absolute atomic E-state index is 0.216. The summed E-state index contributed by atoms with van der Waals surface area (Å²) in [5.74, 6) is 1.14. The van der Waals surface area contributed by atoms with Gasteiger partial charge in [0.05, 0.1) is 35.5 Å². The molecule has 0 aliphatic rings. The van der Waals surface area contributed by atoms with Crippen molar-refractivity contribution in [2.45, 2.75) is 13.0 Å². The Morgan fingerprint density at radius 3 is 2.85 bits per heavy atom. The monoisotopic (exact) mass is 377 g/mol. The Morgan fingerprint density at radius 1 is 1.19 bits per heavy atom. The Labute approximate surface area is 159 Å². The average Bonchev–Trinajstić information content (AvgIpc) is 3.44. The number of amides is 1. The van der Waals surface area contributed by atoms with Crippen LogP contribution >= 0.6 is 11.3 Å². The first-order chi connectivity index (χ1) is 13.2. The summed E-state index contributed by atoms with van der Waals surface area (Å²) in [4.78, 5) is 19.0. The van der Waals surface area contributed by atoms with Crippen LogP contribution in [0.1, 0.15) is 22.7 Å². The van der Waals surface area contributed by atoms with Crippen LogP contribution in [-0.2, 0) is 6.54 Å². The van der Waals surface area contributed by atoms with Gasteiger partial charge in [0, 0.05) is 6.54 Å². The average molecular weight is 377 g/mol. The number of fused-ring (bicyclic) bond motifs is 1. The maximum atomic E-state index is 12.9. The van der Waals surface area contributed by atoms with Gasteiger partial charge in [-0.3, -0.25) is 4.79 Å². The van der Waals surface area contributed by atoms with Crippen LogP contribution in [0.4, 0.5) is 0 Å². The molecule has 134 valence electrons. The van der Waals surface area contributed by atoms with E-state index in [1.54, 1.807) is 35.4 Å². The molecule has 1 aromatic carbocycles. The van der Waals surface area contributed by atoms with Gasteiger partial charge in [0.1, 0.15) is 5.76 Å². The molecule has 0 N–H and O–H groups in total. The third kappa shape index (κ3) is 3.61. The van der Waals surface area contributed by atoms with Crippen LogP contribution < -0.4 is 0 Å². The molecule has 3 heterocycles. The van der Waals surface area contributed by atoms with Gasteiger partial charge in [-0.2, -0.15) is 5.26 Å². The van der Waals surface area contributed by atoms with E-state index in [-0.39, 0.29) is 24.6 Å². The zero-order valence-electron chi connectivity index (χ0n) is 14.3. The van der Waals surface area contributed by atoms with E-state index in [2.05, 4.69) is 11.1 Å². The minimum atomic E-state index is -0.283. The normalized spacial score (nSPS) is 10.8. The Morgan fingerprint density at radius 2 is 2.07 bits per heavy atom. The lowest BCUT2D eigenvalue weighted by atomic mass is 10.3. The fraction of sp³-hybridized carbons (Fsp3) is 0.150. The molecular weight excluding hydrogens is 362 g/mol. The summed E-state index contributed by atoms with van der Waals surface area (Å²) in [6.07, 6.45) is 1.79. The zero-order valence-corrected chi connectivity index (χ0v) is 15.1. The lowest BCUT2D eigenvalue weighted by molar-refractivity contribution is 0.0704. The van der Waals surface area contributed by atoms with E-state index in [4.69, 9.17) is 14.1 Å². The number of hydrogen-bond donors (Lipinski definition) is 0. The zero-order chi connectivity index (χ0) is 18.6. The largest absolute Gasteiger partial charge is 0.467 e. The second-order valence-corrected chi connectivity index (χ2v) is 6.90. The van der Waals surface area contributed by atoms with E-state index in [0.29, 0.717) is 18.1 Å². The summed E-state index contributed by atoms with van der Waals surface area (Å²) in [7, 11) is 0. The fourth-order valence-corrected chi connectivity index (χ4v) is 3.66. The summed E-state index contributed by atoms with van der Waals surface area (Å²) >= 11 is 1.51. The molecule has 4 aromatic rings. The smallest absolute Gasteiger partial charge is 0.290 e. The highest BCUT2D eigenvalue weighted by Gasteiger charge is 2.21. The van der Waals surface area contributed by atoms with Crippen LogP contribution in [0.2, 0.25) is 0 Å². The Bertz CT molecular complexity index is 1070. The van der Waals surface area contributed by atoms with Crippen molar-refractivity contribution in [2.24, 2.45) is 0 Å². The van der Waals surface area contributed by atoms with Crippen LogP contribution in [-0.4, -0.2) is 22.3 Å². The van der Waals surface area contributed by atoms with E-state index < -0.39 is 0 Å². The minimum Gasteiger partial charge on any atom is -0.467 e. The molecule has 27 heavy (non-hydrogen) atoms. The first kappa shape index (κ1) is 17.1. The molecule has 0 aliphatic heterocycles. The first-order valence-corrected chi connectivity index (χ1v) is 9.20. The van der Waals surface area contributed by atoms with Crippen LogP contribution in [0.25, 0.3) is 21.0 Å². The molecule has 0 saturated heterocycles. The molecule has 0 bridgehead atoms. The number of para-hydroxylation sites is 1. The number of nitrogens with zero attached hydrogens (tertiary/aromatic N) is 3. The van der Waals surface area contributed by atoms with Gasteiger partial charge in [-0.05, 0) is 36.4 Å². The standard InChI is InChI=1S/C20H15N3O3S/c21-10-4-11-23(13-14-5-3-12-25-14)20(24)17-9-8-16(26-17)19-22-15-6-1-2-7-18(15)27-19/h1-3,5-9,12H,4,11,13H2. The quantitative estimate of drug-likeness (QED) is 0.486. The highest BCUT2D eigenvalue weighted by Crippen LogP contribution is 2.31. The van der Waals surface area contributed by atoms with E-state index in [9.17, 15) is 4.79 Å². The Kier molecular flexibility index (Phi) is 4.73. The summed E-state index contributed by atoms with van der Waals surface area (Å²) in [5, 5.41) is 9.60. The number of benzene rings is 1. The van der Waals surface area contributed by atoms with E-state index >= 15 is 0 Å². The van der Waals surface area contributed by atoms with Crippen molar-refractivity contribution in [1.82, 2.24) is 9.88 Å². The lowest BCUT2D eigenvalue weighted by Gasteiger charge is -2.19. The molecular formula is C20H15N3O3S. The summed E-state index contributed by atoms with van der Waals surface area (Å²) in [6.45, 7) is 0.581. The molecule has 0 atom stereocenters. The van der Waals surface area contributed by atoms with Gasteiger partial charge in [0.2, 0.25) is 0 Å². The van der Waals surface area contributed by atoms with Gasteiger partial charge in [-0.1, -0.05) is 12.1 Å². The molecule has 0 radical (unpaired) electrons. The van der Waals surface area contributed by atoms with E-state index in [1.807, 2.05) is 24.3 Å².